The molecule has 1 heterocycles. The molecule has 1 aromatic heterocycles. The van der Waals surface area contributed by atoms with Crippen LogP contribution in [0, 0.1) is 21.4 Å². The highest BCUT2D eigenvalue weighted by molar-refractivity contribution is 7.98. The zero-order chi connectivity index (χ0) is 21.0. The molecule has 11 nitrogen and oxygen atoms in total. The summed E-state index contributed by atoms with van der Waals surface area (Å²) in [7, 11) is 1.21. The fourth-order valence-electron chi connectivity index (χ4n) is 2.22. The Balaban J connectivity index is 2.92. The van der Waals surface area contributed by atoms with Crippen LogP contribution in [0.1, 0.15) is 12.5 Å². The summed E-state index contributed by atoms with van der Waals surface area (Å²) in [5.74, 6) is -1.63. The third kappa shape index (κ3) is 4.04. The first-order chi connectivity index (χ1) is 13.2. The first kappa shape index (κ1) is 20.7. The molecule has 0 aliphatic carbocycles. The summed E-state index contributed by atoms with van der Waals surface area (Å²) in [4.78, 5) is 40.6. The van der Waals surface area contributed by atoms with Crippen molar-refractivity contribution in [1.82, 2.24) is 9.97 Å². The Labute approximate surface area is 162 Å². The van der Waals surface area contributed by atoms with Crippen molar-refractivity contribution in [2.45, 2.75) is 18.2 Å². The molecular formula is C16H14N4O7S. The monoisotopic (exact) mass is 406 g/mol. The van der Waals surface area contributed by atoms with Gasteiger partial charge in [-0.25, -0.2) is 9.78 Å². The van der Waals surface area contributed by atoms with Crippen LogP contribution in [-0.4, -0.2) is 45.4 Å². The molecule has 2 aromatic rings. The molecule has 0 saturated carbocycles. The number of carbonyl (C=O) groups is 1. The van der Waals surface area contributed by atoms with E-state index in [1.807, 2.05) is 0 Å². The predicted molar refractivity (Wildman–Crippen MR) is 97.7 cm³/mol. The van der Waals surface area contributed by atoms with Gasteiger partial charge in [0.15, 0.2) is 22.8 Å². The number of thioether (sulfide) groups is 1. The van der Waals surface area contributed by atoms with Crippen LogP contribution in [-0.2, 0) is 4.79 Å². The minimum Gasteiger partial charge on any atom is -0.493 e. The molecule has 0 aliphatic rings. The number of rotatable bonds is 7. The maximum atomic E-state index is 12.2. The standard InChI is InChI=1S/C16H14N4O7S/c1-7(15(22)23)27-13-9(4-8(20(24)25)5-11(13)26-2)12-10(6-17)14(21)19-16(18-12)28-3/h4-5,7H,1-3H3,(H,22,23)(H,18,19,21). The summed E-state index contributed by atoms with van der Waals surface area (Å²) in [6.07, 6.45) is 0.285. The summed E-state index contributed by atoms with van der Waals surface area (Å²) in [5.41, 5.74) is -1.88. The molecule has 0 bridgehead atoms. The molecule has 0 radical (unpaired) electrons. The number of aromatic nitrogens is 2. The summed E-state index contributed by atoms with van der Waals surface area (Å²) in [6, 6.07) is 3.79. The van der Waals surface area contributed by atoms with Crippen LogP contribution in [0.25, 0.3) is 11.3 Å². The van der Waals surface area contributed by atoms with Crippen molar-refractivity contribution < 1.29 is 24.3 Å². The van der Waals surface area contributed by atoms with Gasteiger partial charge in [-0.1, -0.05) is 11.8 Å². The third-order valence-electron chi connectivity index (χ3n) is 3.57. The van der Waals surface area contributed by atoms with E-state index >= 15 is 0 Å². The van der Waals surface area contributed by atoms with Crippen LogP contribution in [0.5, 0.6) is 11.5 Å². The van der Waals surface area contributed by atoms with E-state index in [2.05, 4.69) is 9.97 Å². The van der Waals surface area contributed by atoms with Crippen molar-refractivity contribution in [3.63, 3.8) is 0 Å². The van der Waals surface area contributed by atoms with Gasteiger partial charge in [-0.3, -0.25) is 14.9 Å². The minimum absolute atomic E-state index is 0.114. The van der Waals surface area contributed by atoms with Crippen LogP contribution >= 0.6 is 11.8 Å². The average Bonchev–Trinajstić information content (AvgIpc) is 2.66. The van der Waals surface area contributed by atoms with E-state index < -0.39 is 33.8 Å². The van der Waals surface area contributed by atoms with Gasteiger partial charge >= 0.3 is 5.97 Å². The quantitative estimate of drug-likeness (QED) is 0.299. The van der Waals surface area contributed by atoms with Crippen LogP contribution in [0.3, 0.4) is 0 Å². The Bertz CT molecular complexity index is 1040. The van der Waals surface area contributed by atoms with Gasteiger partial charge in [0.2, 0.25) is 0 Å². The fourth-order valence-corrected chi connectivity index (χ4v) is 2.59. The minimum atomic E-state index is -1.35. The van der Waals surface area contributed by atoms with Crippen LogP contribution in [0.4, 0.5) is 5.69 Å². The molecular weight excluding hydrogens is 392 g/mol. The molecule has 1 unspecified atom stereocenters. The molecule has 28 heavy (non-hydrogen) atoms. The Kier molecular flexibility index (Phi) is 6.22. The SMILES string of the molecule is COc1cc([N+](=O)[O-])cc(-c2nc(SC)[nH]c(=O)c2C#N)c1OC(C)C(=O)O. The Morgan fingerprint density at radius 1 is 1.50 bits per heavy atom. The van der Waals surface area contributed by atoms with Crippen molar-refractivity contribution in [2.24, 2.45) is 0 Å². The number of nitro benzene ring substituents is 1. The van der Waals surface area contributed by atoms with E-state index in [1.54, 1.807) is 12.3 Å². The Morgan fingerprint density at radius 3 is 2.68 bits per heavy atom. The molecule has 1 atom stereocenters. The Hall–Kier alpha value is -3.59. The number of methoxy groups -OCH3 is 1. The van der Waals surface area contributed by atoms with Gasteiger partial charge in [-0.05, 0) is 13.2 Å². The molecule has 0 spiro atoms. The number of nitriles is 1. The number of aromatic amines is 1. The number of nitrogens with one attached hydrogen (secondary N) is 1. The van der Waals surface area contributed by atoms with Gasteiger partial charge < -0.3 is 19.6 Å². The molecule has 2 N–H and O–H groups in total. The molecule has 2 rings (SSSR count). The highest BCUT2D eigenvalue weighted by Gasteiger charge is 2.27. The number of aliphatic carboxylic acids is 1. The summed E-state index contributed by atoms with van der Waals surface area (Å²) < 4.78 is 10.5. The second kappa shape index (κ2) is 8.40. The first-order valence-corrected chi connectivity index (χ1v) is 8.80. The van der Waals surface area contributed by atoms with E-state index in [9.17, 15) is 25.0 Å². The lowest BCUT2D eigenvalue weighted by molar-refractivity contribution is -0.384. The topological polar surface area (TPSA) is 168 Å². The first-order valence-electron chi connectivity index (χ1n) is 7.58. The van der Waals surface area contributed by atoms with Crippen LogP contribution in [0.15, 0.2) is 22.1 Å². The highest BCUT2D eigenvalue weighted by atomic mass is 32.2. The normalized spacial score (nSPS) is 11.4. The maximum Gasteiger partial charge on any atom is 0.344 e. The van der Waals surface area contributed by atoms with E-state index in [4.69, 9.17) is 14.6 Å². The number of hydrogen-bond donors (Lipinski definition) is 2. The van der Waals surface area contributed by atoms with Crippen LogP contribution < -0.4 is 15.0 Å². The van der Waals surface area contributed by atoms with Gasteiger partial charge in [0.1, 0.15) is 17.3 Å². The summed E-state index contributed by atoms with van der Waals surface area (Å²) >= 11 is 1.08. The van der Waals surface area contributed by atoms with E-state index in [1.165, 1.54) is 14.0 Å². The molecule has 12 heteroatoms. The molecule has 0 aliphatic heterocycles. The predicted octanol–water partition coefficient (Wildman–Crippen LogP) is 1.80. The van der Waals surface area contributed by atoms with E-state index in [0.717, 1.165) is 23.9 Å². The summed E-state index contributed by atoms with van der Waals surface area (Å²) in [5, 5.41) is 30.0. The molecule has 1 aromatic carbocycles. The zero-order valence-corrected chi connectivity index (χ0v) is 15.7. The largest absolute Gasteiger partial charge is 0.493 e. The Morgan fingerprint density at radius 2 is 2.18 bits per heavy atom. The number of non-ortho nitro benzene ring substituents is 1. The maximum absolute atomic E-state index is 12.2. The van der Waals surface area contributed by atoms with Crippen molar-refractivity contribution in [3.05, 3.63) is 38.2 Å². The van der Waals surface area contributed by atoms with Gasteiger partial charge in [-0.15, -0.1) is 0 Å². The molecule has 0 saturated heterocycles. The lowest BCUT2D eigenvalue weighted by atomic mass is 10.0. The number of ether oxygens (including phenoxy) is 2. The lowest BCUT2D eigenvalue weighted by Gasteiger charge is -2.17. The van der Waals surface area contributed by atoms with Crippen molar-refractivity contribution in [3.8, 4) is 28.8 Å². The number of nitro groups is 1. The smallest absolute Gasteiger partial charge is 0.344 e. The van der Waals surface area contributed by atoms with Crippen LogP contribution in [0.2, 0.25) is 0 Å². The number of carboxylic acids is 1. The molecule has 0 fully saturated rings. The average molecular weight is 406 g/mol. The second-order valence-electron chi connectivity index (χ2n) is 5.29. The highest BCUT2D eigenvalue weighted by Crippen LogP contribution is 2.42. The van der Waals surface area contributed by atoms with Crippen molar-refractivity contribution in [2.75, 3.05) is 13.4 Å². The summed E-state index contributed by atoms with van der Waals surface area (Å²) in [6.45, 7) is 1.25. The van der Waals surface area contributed by atoms with Crippen molar-refractivity contribution >= 4 is 23.4 Å². The van der Waals surface area contributed by atoms with Gasteiger partial charge in [0.05, 0.1) is 23.7 Å². The molecule has 146 valence electrons. The van der Waals surface area contributed by atoms with E-state index in [0.29, 0.717) is 0 Å². The van der Waals surface area contributed by atoms with Gasteiger partial charge in [-0.2, -0.15) is 5.26 Å². The lowest BCUT2D eigenvalue weighted by Crippen LogP contribution is -2.24. The number of nitrogens with zero attached hydrogens (tertiary/aromatic N) is 3. The number of hydrogen-bond acceptors (Lipinski definition) is 9. The number of H-pyrrole nitrogens is 1. The number of benzene rings is 1. The van der Waals surface area contributed by atoms with Gasteiger partial charge in [0.25, 0.3) is 11.2 Å². The van der Waals surface area contributed by atoms with Crippen molar-refractivity contribution in [1.29, 1.82) is 5.26 Å². The zero-order valence-electron chi connectivity index (χ0n) is 14.9. The number of carboxylic acid groups (broad SMARTS) is 1. The second-order valence-corrected chi connectivity index (χ2v) is 6.09. The fraction of sp³-hybridized carbons (Fsp3) is 0.250. The molecule has 0 amide bonds. The third-order valence-corrected chi connectivity index (χ3v) is 4.15. The van der Waals surface area contributed by atoms with E-state index in [-0.39, 0.29) is 27.9 Å². The van der Waals surface area contributed by atoms with Gasteiger partial charge in [0, 0.05) is 6.07 Å².